The number of hydrogen-bond acceptors (Lipinski definition) is 3. The second-order valence-electron chi connectivity index (χ2n) is 6.87. The Kier molecular flexibility index (Phi) is 11.4. The smallest absolute Gasteiger partial charge is 0.309 e. The number of esters is 1. The summed E-state index contributed by atoms with van der Waals surface area (Å²) in [5, 5.41) is 9.58. The molecule has 3 heteroatoms. The number of carbonyl (C=O) groups excluding carboxylic acids is 1. The summed E-state index contributed by atoms with van der Waals surface area (Å²) >= 11 is 0. The molecule has 1 rings (SSSR count). The fraction of sp³-hybridized carbons (Fsp3) is 0.947. The predicted molar refractivity (Wildman–Crippen MR) is 90.8 cm³/mol. The number of rotatable bonds is 12. The van der Waals surface area contributed by atoms with Crippen molar-refractivity contribution >= 4 is 5.97 Å². The van der Waals surface area contributed by atoms with E-state index in [0.717, 1.165) is 32.1 Å². The molecule has 0 saturated heterocycles. The Balaban J connectivity index is 1.85. The second-order valence-corrected chi connectivity index (χ2v) is 6.87. The minimum absolute atomic E-state index is 0.0631. The fourth-order valence-corrected chi connectivity index (χ4v) is 3.26. The Morgan fingerprint density at radius 1 is 0.955 bits per heavy atom. The van der Waals surface area contributed by atoms with Crippen LogP contribution in [0.2, 0.25) is 0 Å². The van der Waals surface area contributed by atoms with Crippen LogP contribution in [0.15, 0.2) is 0 Å². The van der Waals surface area contributed by atoms with Gasteiger partial charge < -0.3 is 9.84 Å². The summed E-state index contributed by atoms with van der Waals surface area (Å²) in [6.45, 7) is 2.81. The summed E-state index contributed by atoms with van der Waals surface area (Å²) in [4.78, 5) is 11.9. The van der Waals surface area contributed by atoms with Crippen LogP contribution >= 0.6 is 0 Å². The van der Waals surface area contributed by atoms with Crippen LogP contribution in [0.4, 0.5) is 0 Å². The summed E-state index contributed by atoms with van der Waals surface area (Å²) in [6, 6.07) is 0. The van der Waals surface area contributed by atoms with Crippen molar-refractivity contribution in [1.82, 2.24) is 0 Å². The van der Waals surface area contributed by atoms with Crippen LogP contribution in [0.5, 0.6) is 0 Å². The van der Waals surface area contributed by atoms with Crippen LogP contribution in [0, 0.1) is 5.92 Å². The molecule has 0 bridgehead atoms. The van der Waals surface area contributed by atoms with Crippen LogP contribution < -0.4 is 0 Å². The molecule has 1 aliphatic rings. The molecule has 2 atom stereocenters. The zero-order valence-electron chi connectivity index (χ0n) is 14.5. The molecule has 2 unspecified atom stereocenters. The summed E-state index contributed by atoms with van der Waals surface area (Å²) in [6.07, 6.45) is 15.9. The van der Waals surface area contributed by atoms with Crippen LogP contribution in [0.25, 0.3) is 0 Å². The Bertz CT molecular complexity index is 278. The maximum absolute atomic E-state index is 11.9. The van der Waals surface area contributed by atoms with Crippen LogP contribution in [0.1, 0.15) is 96.8 Å². The quantitative estimate of drug-likeness (QED) is 0.407. The highest BCUT2D eigenvalue weighted by Crippen LogP contribution is 2.25. The number of unbranched alkanes of at least 4 members (excludes halogenated alkanes) is 9. The van der Waals surface area contributed by atoms with Gasteiger partial charge in [-0.3, -0.25) is 4.79 Å². The predicted octanol–water partition coefficient (Wildman–Crippen LogP) is 5.00. The lowest BCUT2D eigenvalue weighted by Crippen LogP contribution is -2.27. The Labute approximate surface area is 136 Å². The molecule has 1 fully saturated rings. The van der Waals surface area contributed by atoms with E-state index in [1.165, 1.54) is 51.4 Å². The van der Waals surface area contributed by atoms with E-state index in [9.17, 15) is 9.90 Å². The molecular weight excluding hydrogens is 276 g/mol. The normalized spacial score (nSPS) is 21.7. The molecule has 0 aromatic carbocycles. The number of aliphatic hydroxyl groups excluding tert-OH is 1. The van der Waals surface area contributed by atoms with E-state index in [2.05, 4.69) is 6.92 Å². The molecular formula is C19H36O3. The molecule has 0 heterocycles. The third-order valence-electron chi connectivity index (χ3n) is 4.72. The lowest BCUT2D eigenvalue weighted by Gasteiger charge is -2.24. The number of ether oxygens (including phenoxy) is 1. The Morgan fingerprint density at radius 3 is 2.14 bits per heavy atom. The first-order valence-electron chi connectivity index (χ1n) is 9.58. The van der Waals surface area contributed by atoms with E-state index in [1.807, 2.05) is 0 Å². The zero-order valence-corrected chi connectivity index (χ0v) is 14.5. The second kappa shape index (κ2) is 12.9. The molecule has 0 amide bonds. The zero-order chi connectivity index (χ0) is 16.0. The minimum atomic E-state index is -0.302. The van der Waals surface area contributed by atoms with Gasteiger partial charge in [0.1, 0.15) is 0 Å². The monoisotopic (exact) mass is 312 g/mol. The lowest BCUT2D eigenvalue weighted by atomic mass is 9.87. The SMILES string of the molecule is CCCCCCCCCCCCOC(=O)C1CCCC(O)C1. The van der Waals surface area contributed by atoms with E-state index in [1.54, 1.807) is 0 Å². The van der Waals surface area contributed by atoms with Gasteiger partial charge in [-0.05, 0) is 25.7 Å². The maximum Gasteiger partial charge on any atom is 0.309 e. The van der Waals surface area contributed by atoms with Gasteiger partial charge in [-0.1, -0.05) is 71.1 Å². The molecule has 1 saturated carbocycles. The highest BCUT2D eigenvalue weighted by Gasteiger charge is 2.26. The first-order valence-corrected chi connectivity index (χ1v) is 9.58. The van der Waals surface area contributed by atoms with E-state index in [-0.39, 0.29) is 18.0 Å². The molecule has 1 aliphatic carbocycles. The lowest BCUT2D eigenvalue weighted by molar-refractivity contribution is -0.151. The van der Waals surface area contributed by atoms with Gasteiger partial charge in [-0.15, -0.1) is 0 Å². The third-order valence-corrected chi connectivity index (χ3v) is 4.72. The number of carbonyl (C=O) groups is 1. The van der Waals surface area contributed by atoms with Gasteiger partial charge >= 0.3 is 5.97 Å². The van der Waals surface area contributed by atoms with Crippen molar-refractivity contribution in [2.75, 3.05) is 6.61 Å². The number of aliphatic hydroxyl groups is 1. The van der Waals surface area contributed by atoms with Crippen molar-refractivity contribution in [1.29, 1.82) is 0 Å². The van der Waals surface area contributed by atoms with E-state index < -0.39 is 0 Å². The van der Waals surface area contributed by atoms with Gasteiger partial charge in [-0.25, -0.2) is 0 Å². The molecule has 130 valence electrons. The minimum Gasteiger partial charge on any atom is -0.465 e. The molecule has 1 N–H and O–H groups in total. The van der Waals surface area contributed by atoms with Crippen molar-refractivity contribution in [2.45, 2.75) is 103 Å². The Hall–Kier alpha value is -0.570. The van der Waals surface area contributed by atoms with Crippen LogP contribution in [-0.2, 0) is 9.53 Å². The van der Waals surface area contributed by atoms with Gasteiger partial charge in [-0.2, -0.15) is 0 Å². The summed E-state index contributed by atoms with van der Waals surface area (Å²) < 4.78 is 5.35. The summed E-state index contributed by atoms with van der Waals surface area (Å²) in [5.74, 6) is -0.151. The van der Waals surface area contributed by atoms with Crippen molar-refractivity contribution in [2.24, 2.45) is 5.92 Å². The van der Waals surface area contributed by atoms with Gasteiger partial charge in [0.2, 0.25) is 0 Å². The largest absolute Gasteiger partial charge is 0.465 e. The van der Waals surface area contributed by atoms with Crippen molar-refractivity contribution in [3.63, 3.8) is 0 Å². The van der Waals surface area contributed by atoms with Crippen LogP contribution in [0.3, 0.4) is 0 Å². The highest BCUT2D eigenvalue weighted by molar-refractivity contribution is 5.72. The van der Waals surface area contributed by atoms with Gasteiger partial charge in [0, 0.05) is 0 Å². The molecule has 0 aromatic rings. The van der Waals surface area contributed by atoms with Crippen molar-refractivity contribution in [3.8, 4) is 0 Å². The molecule has 22 heavy (non-hydrogen) atoms. The average Bonchev–Trinajstić information content (AvgIpc) is 2.52. The molecule has 0 radical (unpaired) electrons. The maximum atomic E-state index is 11.9. The van der Waals surface area contributed by atoms with Crippen molar-refractivity contribution in [3.05, 3.63) is 0 Å². The van der Waals surface area contributed by atoms with Crippen molar-refractivity contribution < 1.29 is 14.6 Å². The fourth-order valence-electron chi connectivity index (χ4n) is 3.26. The third kappa shape index (κ3) is 9.45. The van der Waals surface area contributed by atoms with Gasteiger partial charge in [0.15, 0.2) is 0 Å². The van der Waals surface area contributed by atoms with Gasteiger partial charge in [0.05, 0.1) is 18.6 Å². The van der Waals surface area contributed by atoms with Crippen LogP contribution in [-0.4, -0.2) is 23.8 Å². The molecule has 0 spiro atoms. The Morgan fingerprint density at radius 2 is 1.55 bits per heavy atom. The average molecular weight is 312 g/mol. The first-order chi connectivity index (χ1) is 10.7. The highest BCUT2D eigenvalue weighted by atomic mass is 16.5. The standard InChI is InChI=1S/C19H36O3/c1-2-3-4-5-6-7-8-9-10-11-15-22-19(21)17-13-12-14-18(20)16-17/h17-18,20H,2-16H2,1H3. The number of hydrogen-bond donors (Lipinski definition) is 1. The van der Waals surface area contributed by atoms with E-state index >= 15 is 0 Å². The molecule has 0 aromatic heterocycles. The summed E-state index contributed by atoms with van der Waals surface area (Å²) in [7, 11) is 0. The van der Waals surface area contributed by atoms with E-state index in [0.29, 0.717) is 13.0 Å². The van der Waals surface area contributed by atoms with E-state index in [4.69, 9.17) is 4.74 Å². The summed E-state index contributed by atoms with van der Waals surface area (Å²) in [5.41, 5.74) is 0. The molecule has 0 aliphatic heterocycles. The molecule has 3 nitrogen and oxygen atoms in total. The first kappa shape index (κ1) is 19.5. The van der Waals surface area contributed by atoms with Gasteiger partial charge in [0.25, 0.3) is 0 Å². The topological polar surface area (TPSA) is 46.5 Å².